The van der Waals surface area contributed by atoms with E-state index < -0.39 is 0 Å². The van der Waals surface area contributed by atoms with Crippen LogP contribution >= 0.6 is 0 Å². The van der Waals surface area contributed by atoms with Crippen molar-refractivity contribution in [3.63, 3.8) is 0 Å². The highest BCUT2D eigenvalue weighted by atomic mass is 16.5. The van der Waals surface area contributed by atoms with Crippen LogP contribution in [0.5, 0.6) is 0 Å². The van der Waals surface area contributed by atoms with Crippen molar-refractivity contribution in [1.29, 1.82) is 0 Å². The van der Waals surface area contributed by atoms with Crippen LogP contribution in [0.25, 0.3) is 0 Å². The summed E-state index contributed by atoms with van der Waals surface area (Å²) in [6.07, 6.45) is 8.24. The number of hydrogen-bond donors (Lipinski definition) is 1. The van der Waals surface area contributed by atoms with Crippen molar-refractivity contribution >= 4 is 0 Å². The maximum absolute atomic E-state index is 5.67. The van der Waals surface area contributed by atoms with Crippen molar-refractivity contribution < 1.29 is 4.74 Å². The van der Waals surface area contributed by atoms with Crippen molar-refractivity contribution in [3.8, 4) is 0 Å². The molecule has 0 aliphatic carbocycles. The van der Waals surface area contributed by atoms with Crippen LogP contribution in [0.1, 0.15) is 36.9 Å². The van der Waals surface area contributed by atoms with Crippen molar-refractivity contribution in [1.82, 2.24) is 10.3 Å². The molecular formula is C15H24N2O. The zero-order valence-corrected chi connectivity index (χ0v) is 11.5. The minimum atomic E-state index is 0.492. The number of pyridine rings is 1. The SMILES string of the molecule is CNC(CCC1CCCO1)Cc1ccc(C)cn1. The molecule has 0 spiro atoms. The summed E-state index contributed by atoms with van der Waals surface area (Å²) in [6.45, 7) is 3.03. The van der Waals surface area contributed by atoms with Gasteiger partial charge in [0.05, 0.1) is 6.10 Å². The Kier molecular flexibility index (Phi) is 5.14. The fourth-order valence-electron chi connectivity index (χ4n) is 2.48. The molecule has 1 N–H and O–H groups in total. The molecule has 1 aromatic heterocycles. The van der Waals surface area contributed by atoms with Crippen LogP contribution < -0.4 is 5.32 Å². The molecule has 3 heteroatoms. The molecule has 2 unspecified atom stereocenters. The minimum Gasteiger partial charge on any atom is -0.378 e. The average Bonchev–Trinajstić information content (AvgIpc) is 2.90. The lowest BCUT2D eigenvalue weighted by atomic mass is 10.0. The number of aromatic nitrogens is 1. The average molecular weight is 248 g/mol. The van der Waals surface area contributed by atoms with Crippen molar-refractivity contribution in [2.45, 2.75) is 51.2 Å². The van der Waals surface area contributed by atoms with Gasteiger partial charge in [-0.1, -0.05) is 6.07 Å². The highest BCUT2D eigenvalue weighted by molar-refractivity contribution is 5.13. The van der Waals surface area contributed by atoms with E-state index in [1.807, 2.05) is 13.2 Å². The van der Waals surface area contributed by atoms with Crippen LogP contribution in [-0.2, 0) is 11.2 Å². The molecule has 0 bridgehead atoms. The number of likely N-dealkylation sites (N-methyl/N-ethyl adjacent to an activating group) is 1. The third kappa shape index (κ3) is 4.07. The first-order chi connectivity index (χ1) is 8.78. The summed E-state index contributed by atoms with van der Waals surface area (Å²) in [4.78, 5) is 4.47. The normalized spacial score (nSPS) is 21.1. The fourth-order valence-corrected chi connectivity index (χ4v) is 2.48. The second kappa shape index (κ2) is 6.86. The molecular weight excluding hydrogens is 224 g/mol. The van der Waals surface area contributed by atoms with Crippen LogP contribution in [0.3, 0.4) is 0 Å². The predicted molar refractivity (Wildman–Crippen MR) is 73.7 cm³/mol. The maximum Gasteiger partial charge on any atom is 0.0576 e. The van der Waals surface area contributed by atoms with Gasteiger partial charge in [0.2, 0.25) is 0 Å². The molecule has 0 saturated carbocycles. The van der Waals surface area contributed by atoms with Crippen molar-refractivity contribution in [3.05, 3.63) is 29.6 Å². The molecule has 0 radical (unpaired) electrons. The van der Waals surface area contributed by atoms with Gasteiger partial charge in [-0.25, -0.2) is 0 Å². The van der Waals surface area contributed by atoms with E-state index in [9.17, 15) is 0 Å². The highest BCUT2D eigenvalue weighted by Gasteiger charge is 2.17. The molecule has 0 amide bonds. The van der Waals surface area contributed by atoms with E-state index in [4.69, 9.17) is 4.74 Å². The summed E-state index contributed by atoms with van der Waals surface area (Å²) in [7, 11) is 2.04. The number of aryl methyl sites for hydroxylation is 1. The van der Waals surface area contributed by atoms with Gasteiger partial charge in [-0.05, 0) is 51.3 Å². The molecule has 1 saturated heterocycles. The lowest BCUT2D eigenvalue weighted by molar-refractivity contribution is 0.0998. The van der Waals surface area contributed by atoms with Gasteiger partial charge in [0.1, 0.15) is 0 Å². The van der Waals surface area contributed by atoms with Gasteiger partial charge in [0.15, 0.2) is 0 Å². The summed E-state index contributed by atoms with van der Waals surface area (Å²) in [5, 5.41) is 3.39. The standard InChI is InChI=1S/C15H24N2O/c1-12-5-6-14(17-11-12)10-13(16-2)7-8-15-4-3-9-18-15/h5-6,11,13,15-16H,3-4,7-10H2,1-2H3. The Morgan fingerprint density at radius 3 is 3.00 bits per heavy atom. The third-order valence-electron chi connectivity index (χ3n) is 3.70. The van der Waals surface area contributed by atoms with Gasteiger partial charge >= 0.3 is 0 Å². The molecule has 100 valence electrons. The van der Waals surface area contributed by atoms with E-state index in [1.165, 1.54) is 24.1 Å². The van der Waals surface area contributed by atoms with Crippen LogP contribution in [0.15, 0.2) is 18.3 Å². The van der Waals surface area contributed by atoms with E-state index in [0.717, 1.165) is 25.9 Å². The molecule has 18 heavy (non-hydrogen) atoms. The molecule has 3 nitrogen and oxygen atoms in total. The van der Waals surface area contributed by atoms with Crippen LogP contribution in [-0.4, -0.2) is 30.8 Å². The Balaban J connectivity index is 1.79. The van der Waals surface area contributed by atoms with Gasteiger partial charge in [-0.15, -0.1) is 0 Å². The quantitative estimate of drug-likeness (QED) is 0.840. The smallest absolute Gasteiger partial charge is 0.0576 e. The monoisotopic (exact) mass is 248 g/mol. The fraction of sp³-hybridized carbons (Fsp3) is 0.667. The minimum absolute atomic E-state index is 0.492. The number of nitrogens with one attached hydrogen (secondary N) is 1. The van der Waals surface area contributed by atoms with Gasteiger partial charge < -0.3 is 10.1 Å². The van der Waals surface area contributed by atoms with E-state index in [0.29, 0.717) is 12.1 Å². The van der Waals surface area contributed by atoms with Gasteiger partial charge in [0, 0.05) is 31.0 Å². The zero-order chi connectivity index (χ0) is 12.8. The molecule has 2 heterocycles. The van der Waals surface area contributed by atoms with Crippen molar-refractivity contribution in [2.75, 3.05) is 13.7 Å². The summed E-state index contributed by atoms with van der Waals surface area (Å²) in [6, 6.07) is 4.77. The molecule has 1 fully saturated rings. The molecule has 2 atom stereocenters. The predicted octanol–water partition coefficient (Wildman–Crippen LogP) is 2.48. The summed E-state index contributed by atoms with van der Waals surface area (Å²) in [5.74, 6) is 0. The lowest BCUT2D eigenvalue weighted by Crippen LogP contribution is -2.29. The summed E-state index contributed by atoms with van der Waals surface area (Å²) >= 11 is 0. The van der Waals surface area contributed by atoms with Crippen LogP contribution in [0, 0.1) is 6.92 Å². The van der Waals surface area contributed by atoms with E-state index in [2.05, 4.69) is 29.4 Å². The summed E-state index contributed by atoms with van der Waals surface area (Å²) < 4.78 is 5.67. The first-order valence-electron chi connectivity index (χ1n) is 6.98. The third-order valence-corrected chi connectivity index (χ3v) is 3.70. The Morgan fingerprint density at radius 1 is 1.50 bits per heavy atom. The number of rotatable bonds is 6. The van der Waals surface area contributed by atoms with E-state index in [-0.39, 0.29) is 0 Å². The Bertz CT molecular complexity index is 344. The Labute approximate surface area is 110 Å². The first kappa shape index (κ1) is 13.5. The van der Waals surface area contributed by atoms with Gasteiger partial charge in [-0.2, -0.15) is 0 Å². The van der Waals surface area contributed by atoms with Crippen LogP contribution in [0.2, 0.25) is 0 Å². The first-order valence-corrected chi connectivity index (χ1v) is 6.98. The van der Waals surface area contributed by atoms with Gasteiger partial charge in [0.25, 0.3) is 0 Å². The second-order valence-electron chi connectivity index (χ2n) is 5.23. The van der Waals surface area contributed by atoms with Gasteiger partial charge in [-0.3, -0.25) is 4.98 Å². The largest absolute Gasteiger partial charge is 0.378 e. The molecule has 2 rings (SSSR count). The van der Waals surface area contributed by atoms with E-state index >= 15 is 0 Å². The Morgan fingerprint density at radius 2 is 2.39 bits per heavy atom. The van der Waals surface area contributed by atoms with E-state index in [1.54, 1.807) is 0 Å². The zero-order valence-electron chi connectivity index (χ0n) is 11.5. The summed E-state index contributed by atoms with van der Waals surface area (Å²) in [5.41, 5.74) is 2.39. The molecule has 1 aliphatic heterocycles. The lowest BCUT2D eigenvalue weighted by Gasteiger charge is -2.18. The number of nitrogens with zero attached hydrogens (tertiary/aromatic N) is 1. The second-order valence-corrected chi connectivity index (χ2v) is 5.23. The Hall–Kier alpha value is -0.930. The topological polar surface area (TPSA) is 34.1 Å². The molecule has 1 aliphatic rings. The molecule has 0 aromatic carbocycles. The highest BCUT2D eigenvalue weighted by Crippen LogP contribution is 2.18. The maximum atomic E-state index is 5.67. The van der Waals surface area contributed by atoms with Crippen LogP contribution in [0.4, 0.5) is 0 Å². The number of hydrogen-bond acceptors (Lipinski definition) is 3. The van der Waals surface area contributed by atoms with Crippen molar-refractivity contribution in [2.24, 2.45) is 0 Å². The number of ether oxygens (including phenoxy) is 1. The molecule has 1 aromatic rings.